The van der Waals surface area contributed by atoms with Gasteiger partial charge in [-0.3, -0.25) is 4.79 Å². The van der Waals surface area contributed by atoms with E-state index >= 15 is 0 Å². The third-order valence-corrected chi connectivity index (χ3v) is 4.14. The Balaban J connectivity index is 1.92. The van der Waals surface area contributed by atoms with Crippen LogP contribution in [-0.2, 0) is 4.79 Å². The minimum atomic E-state index is -0.621. The predicted octanol–water partition coefficient (Wildman–Crippen LogP) is 1.17. The second-order valence-corrected chi connectivity index (χ2v) is 5.44. The van der Waals surface area contributed by atoms with Crippen molar-refractivity contribution < 1.29 is 9.90 Å². The largest absolute Gasteiger partial charge is 0.391 e. The lowest BCUT2D eigenvalue weighted by Gasteiger charge is -2.29. The van der Waals surface area contributed by atoms with E-state index in [1.54, 1.807) is 0 Å². The molecule has 1 aromatic heterocycles. The molecule has 1 unspecified atom stereocenters. The molecule has 0 bridgehead atoms. The first-order valence-corrected chi connectivity index (χ1v) is 6.84. The fraction of sp³-hybridized carbons (Fsp3) is 0.583. The number of rotatable bonds is 3. The molecule has 1 fully saturated rings. The van der Waals surface area contributed by atoms with Gasteiger partial charge in [-0.1, -0.05) is 18.9 Å². The third-order valence-electron chi connectivity index (χ3n) is 3.19. The van der Waals surface area contributed by atoms with Crippen LogP contribution < -0.4 is 11.1 Å². The number of thiophene rings is 1. The van der Waals surface area contributed by atoms with E-state index in [4.69, 9.17) is 5.73 Å². The van der Waals surface area contributed by atoms with Crippen LogP contribution in [0.5, 0.6) is 0 Å². The van der Waals surface area contributed by atoms with Crippen molar-refractivity contribution in [3.8, 4) is 0 Å². The zero-order chi connectivity index (χ0) is 12.3. The Hall–Kier alpha value is -0.910. The van der Waals surface area contributed by atoms with Crippen LogP contribution in [0.2, 0.25) is 0 Å². The van der Waals surface area contributed by atoms with Crippen LogP contribution in [0.25, 0.3) is 0 Å². The number of aliphatic hydroxyl groups excluding tert-OH is 1. The molecule has 0 saturated heterocycles. The van der Waals surface area contributed by atoms with Gasteiger partial charge in [0.25, 0.3) is 0 Å². The molecule has 1 aromatic rings. The summed E-state index contributed by atoms with van der Waals surface area (Å²) in [7, 11) is 0. The zero-order valence-electron chi connectivity index (χ0n) is 9.63. The van der Waals surface area contributed by atoms with E-state index in [2.05, 4.69) is 5.32 Å². The molecule has 0 aromatic carbocycles. The van der Waals surface area contributed by atoms with Gasteiger partial charge in [-0.05, 0) is 24.3 Å². The Bertz CT molecular complexity index is 367. The minimum absolute atomic E-state index is 0.137. The molecule has 1 heterocycles. The molecule has 0 spiro atoms. The molecule has 2 rings (SSSR count). The third kappa shape index (κ3) is 3.06. The molecule has 3 atom stereocenters. The second kappa shape index (κ2) is 5.62. The van der Waals surface area contributed by atoms with E-state index < -0.39 is 12.1 Å². The highest BCUT2D eigenvalue weighted by Crippen LogP contribution is 2.21. The Morgan fingerprint density at radius 1 is 1.53 bits per heavy atom. The van der Waals surface area contributed by atoms with Crippen LogP contribution in [0.3, 0.4) is 0 Å². The van der Waals surface area contributed by atoms with Gasteiger partial charge < -0.3 is 16.2 Å². The van der Waals surface area contributed by atoms with Crippen molar-refractivity contribution in [1.82, 2.24) is 5.32 Å². The number of nitrogens with one attached hydrogen (secondary N) is 1. The molecular weight excluding hydrogens is 236 g/mol. The van der Waals surface area contributed by atoms with Crippen LogP contribution in [0.4, 0.5) is 0 Å². The standard InChI is InChI=1S/C12H18N2O2S/c13-11(10-6-3-7-17-10)12(16)14-8-4-1-2-5-9(8)15/h3,6-9,11,15H,1-2,4-5,13H2,(H,14,16)/t8-,9-,11?/m0/s1. The van der Waals surface area contributed by atoms with Gasteiger partial charge in [0.15, 0.2) is 0 Å². The smallest absolute Gasteiger partial charge is 0.242 e. The first-order chi connectivity index (χ1) is 8.18. The molecule has 17 heavy (non-hydrogen) atoms. The normalized spacial score (nSPS) is 26.5. The summed E-state index contributed by atoms with van der Waals surface area (Å²) in [5.41, 5.74) is 5.86. The molecule has 4 nitrogen and oxygen atoms in total. The Kier molecular flexibility index (Phi) is 4.15. The quantitative estimate of drug-likeness (QED) is 0.758. The van der Waals surface area contributed by atoms with Gasteiger partial charge in [0, 0.05) is 4.88 Å². The van der Waals surface area contributed by atoms with Crippen LogP contribution >= 0.6 is 11.3 Å². The lowest BCUT2D eigenvalue weighted by Crippen LogP contribution is -2.47. The molecule has 1 saturated carbocycles. The highest BCUT2D eigenvalue weighted by molar-refractivity contribution is 7.10. The van der Waals surface area contributed by atoms with Crippen molar-refractivity contribution >= 4 is 17.2 Å². The summed E-state index contributed by atoms with van der Waals surface area (Å²) in [6, 6.07) is 2.97. The first kappa shape index (κ1) is 12.5. The van der Waals surface area contributed by atoms with Gasteiger partial charge in [0.05, 0.1) is 12.1 Å². The van der Waals surface area contributed by atoms with E-state index in [0.717, 1.165) is 30.6 Å². The van der Waals surface area contributed by atoms with Crippen molar-refractivity contribution in [2.24, 2.45) is 5.73 Å². The molecular formula is C12H18N2O2S. The summed E-state index contributed by atoms with van der Waals surface area (Å²) in [6.07, 6.45) is 3.26. The number of nitrogens with two attached hydrogens (primary N) is 1. The maximum absolute atomic E-state index is 11.9. The maximum atomic E-state index is 11.9. The van der Waals surface area contributed by atoms with Crippen LogP contribution in [0, 0.1) is 0 Å². The summed E-state index contributed by atoms with van der Waals surface area (Å²) in [4.78, 5) is 12.8. The number of hydrogen-bond donors (Lipinski definition) is 3. The lowest BCUT2D eigenvalue weighted by atomic mass is 9.92. The SMILES string of the molecule is NC(C(=O)N[C@H]1CCCC[C@@H]1O)c1cccs1. The van der Waals surface area contributed by atoms with E-state index in [-0.39, 0.29) is 11.9 Å². The van der Waals surface area contributed by atoms with E-state index in [9.17, 15) is 9.90 Å². The molecule has 0 aliphatic heterocycles. The molecule has 1 amide bonds. The summed E-state index contributed by atoms with van der Waals surface area (Å²) in [5, 5.41) is 14.5. The average Bonchev–Trinajstić information content (AvgIpc) is 2.84. The predicted molar refractivity (Wildman–Crippen MR) is 67.7 cm³/mol. The summed E-state index contributed by atoms with van der Waals surface area (Å²) in [6.45, 7) is 0. The first-order valence-electron chi connectivity index (χ1n) is 5.96. The van der Waals surface area contributed by atoms with Crippen LogP contribution in [-0.4, -0.2) is 23.2 Å². The monoisotopic (exact) mass is 254 g/mol. The van der Waals surface area contributed by atoms with Gasteiger partial charge in [-0.25, -0.2) is 0 Å². The molecule has 94 valence electrons. The maximum Gasteiger partial charge on any atom is 0.242 e. The van der Waals surface area contributed by atoms with Gasteiger partial charge in [-0.15, -0.1) is 11.3 Å². The summed E-state index contributed by atoms with van der Waals surface area (Å²) in [5.74, 6) is -0.196. The fourth-order valence-corrected chi connectivity index (χ4v) is 2.87. The molecule has 1 aliphatic rings. The van der Waals surface area contributed by atoms with Crippen molar-refractivity contribution in [3.63, 3.8) is 0 Å². The van der Waals surface area contributed by atoms with E-state index in [0.29, 0.717) is 0 Å². The lowest BCUT2D eigenvalue weighted by molar-refractivity contribution is -0.124. The second-order valence-electron chi connectivity index (χ2n) is 4.46. The van der Waals surface area contributed by atoms with E-state index in [1.807, 2.05) is 17.5 Å². The van der Waals surface area contributed by atoms with Crippen molar-refractivity contribution in [2.45, 2.75) is 43.9 Å². The van der Waals surface area contributed by atoms with Crippen LogP contribution in [0.1, 0.15) is 36.6 Å². The molecule has 1 aliphatic carbocycles. The van der Waals surface area contributed by atoms with Crippen molar-refractivity contribution in [2.75, 3.05) is 0 Å². The minimum Gasteiger partial charge on any atom is -0.391 e. The number of amides is 1. The molecule has 4 N–H and O–H groups in total. The van der Waals surface area contributed by atoms with Gasteiger partial charge >= 0.3 is 0 Å². The highest BCUT2D eigenvalue weighted by atomic mass is 32.1. The van der Waals surface area contributed by atoms with Gasteiger partial charge in [-0.2, -0.15) is 0 Å². The number of aliphatic hydroxyl groups is 1. The van der Waals surface area contributed by atoms with Gasteiger partial charge in [0.2, 0.25) is 5.91 Å². The fourth-order valence-electron chi connectivity index (χ4n) is 2.15. The summed E-state index contributed by atoms with van der Waals surface area (Å²) >= 11 is 1.47. The van der Waals surface area contributed by atoms with Gasteiger partial charge in [0.1, 0.15) is 6.04 Å². The van der Waals surface area contributed by atoms with Crippen molar-refractivity contribution in [1.29, 1.82) is 0 Å². The van der Waals surface area contributed by atoms with Crippen molar-refractivity contribution in [3.05, 3.63) is 22.4 Å². The molecule has 0 radical (unpaired) electrons. The Morgan fingerprint density at radius 2 is 2.29 bits per heavy atom. The zero-order valence-corrected chi connectivity index (χ0v) is 10.5. The summed E-state index contributed by atoms with van der Waals surface area (Å²) < 4.78 is 0. The Labute approximate surface area is 105 Å². The number of carbonyl (C=O) groups excluding carboxylic acids is 1. The van der Waals surface area contributed by atoms with E-state index in [1.165, 1.54) is 11.3 Å². The number of carbonyl (C=O) groups is 1. The highest BCUT2D eigenvalue weighted by Gasteiger charge is 2.27. The Morgan fingerprint density at radius 3 is 2.94 bits per heavy atom. The topological polar surface area (TPSA) is 75.4 Å². The number of hydrogen-bond acceptors (Lipinski definition) is 4. The average molecular weight is 254 g/mol. The van der Waals surface area contributed by atoms with Crippen LogP contribution in [0.15, 0.2) is 17.5 Å². The molecule has 5 heteroatoms.